The van der Waals surface area contributed by atoms with Crippen LogP contribution in [0.3, 0.4) is 0 Å². The number of halogens is 4. The second kappa shape index (κ2) is 7.40. The number of hydrogen-bond acceptors (Lipinski definition) is 3. The van der Waals surface area contributed by atoms with Crippen molar-refractivity contribution in [3.05, 3.63) is 59.1 Å². The molecule has 1 fully saturated rings. The van der Waals surface area contributed by atoms with Gasteiger partial charge in [0.05, 0.1) is 15.5 Å². The van der Waals surface area contributed by atoms with Gasteiger partial charge in [-0.1, -0.05) is 42.6 Å². The van der Waals surface area contributed by atoms with Crippen molar-refractivity contribution >= 4 is 33.0 Å². The molecule has 2 aromatic rings. The third-order valence-corrected chi connectivity index (χ3v) is 7.77. The van der Waals surface area contributed by atoms with Crippen LogP contribution in [0.4, 0.5) is 18.9 Å². The molecule has 1 amide bonds. The molecule has 3 rings (SSSR count). The highest BCUT2D eigenvalue weighted by Gasteiger charge is 2.53. The van der Waals surface area contributed by atoms with E-state index in [0.717, 1.165) is 6.07 Å². The van der Waals surface area contributed by atoms with Crippen LogP contribution < -0.4 is 5.32 Å². The number of carbonyl (C=O) groups excluding carboxylic acids is 1. The maximum atomic E-state index is 13.2. The molecule has 1 aliphatic carbocycles. The minimum atomic E-state index is -4.70. The third-order valence-electron chi connectivity index (χ3n) is 4.92. The molecule has 4 nitrogen and oxygen atoms in total. The molecule has 9 heteroatoms. The standard InChI is InChI=1S/C19H17ClF3NO3S/c20-16-9-8-13(12-15(16)19(21,22)23)24-17(25)18(10-4-5-11-18)28(26,27)14-6-2-1-3-7-14/h1-3,6-9,12H,4-5,10-11H2,(H,24,25). The van der Waals surface area contributed by atoms with Crippen LogP contribution in [0.2, 0.25) is 5.02 Å². The van der Waals surface area contributed by atoms with Gasteiger partial charge < -0.3 is 5.32 Å². The van der Waals surface area contributed by atoms with E-state index >= 15 is 0 Å². The van der Waals surface area contributed by atoms with E-state index in [-0.39, 0.29) is 23.4 Å². The summed E-state index contributed by atoms with van der Waals surface area (Å²) in [5.41, 5.74) is -1.25. The predicted molar refractivity (Wildman–Crippen MR) is 99.9 cm³/mol. The van der Waals surface area contributed by atoms with E-state index in [2.05, 4.69) is 5.32 Å². The van der Waals surface area contributed by atoms with Crippen LogP contribution in [0.5, 0.6) is 0 Å². The van der Waals surface area contributed by atoms with Crippen LogP contribution >= 0.6 is 11.6 Å². The van der Waals surface area contributed by atoms with Crippen molar-refractivity contribution < 1.29 is 26.4 Å². The van der Waals surface area contributed by atoms with Gasteiger partial charge in [0.15, 0.2) is 14.6 Å². The Morgan fingerprint density at radius 3 is 2.21 bits per heavy atom. The third kappa shape index (κ3) is 3.63. The van der Waals surface area contributed by atoms with Crippen LogP contribution in [0.15, 0.2) is 53.4 Å². The first-order valence-corrected chi connectivity index (χ1v) is 10.4. The fourth-order valence-electron chi connectivity index (χ4n) is 3.45. The fourth-order valence-corrected chi connectivity index (χ4v) is 5.77. The number of anilines is 1. The summed E-state index contributed by atoms with van der Waals surface area (Å²) in [7, 11) is -4.03. The first-order valence-electron chi connectivity index (χ1n) is 8.56. The van der Waals surface area contributed by atoms with E-state index in [4.69, 9.17) is 11.6 Å². The van der Waals surface area contributed by atoms with Crippen molar-refractivity contribution in [1.29, 1.82) is 0 Å². The Kier molecular flexibility index (Phi) is 5.46. The zero-order chi connectivity index (χ0) is 20.6. The van der Waals surface area contributed by atoms with Crippen molar-refractivity contribution in [2.45, 2.75) is 41.5 Å². The van der Waals surface area contributed by atoms with Gasteiger partial charge in [-0.15, -0.1) is 0 Å². The van der Waals surface area contributed by atoms with Gasteiger partial charge in [0.1, 0.15) is 0 Å². The summed E-state index contributed by atoms with van der Waals surface area (Å²) in [4.78, 5) is 13.0. The Bertz CT molecular complexity index is 985. The summed E-state index contributed by atoms with van der Waals surface area (Å²) in [6, 6.07) is 10.5. The monoisotopic (exact) mass is 431 g/mol. The molecule has 1 saturated carbocycles. The lowest BCUT2D eigenvalue weighted by Gasteiger charge is -2.28. The number of benzene rings is 2. The molecule has 0 aromatic heterocycles. The van der Waals surface area contributed by atoms with E-state index in [1.165, 1.54) is 18.2 Å². The Balaban J connectivity index is 1.98. The highest BCUT2D eigenvalue weighted by molar-refractivity contribution is 7.93. The summed E-state index contributed by atoms with van der Waals surface area (Å²) in [6.07, 6.45) is -3.41. The van der Waals surface area contributed by atoms with E-state index in [1.807, 2.05) is 0 Å². The van der Waals surface area contributed by atoms with Gasteiger partial charge in [0.25, 0.3) is 0 Å². The van der Waals surface area contributed by atoms with Crippen LogP contribution in [-0.2, 0) is 20.8 Å². The molecule has 0 atom stereocenters. The van der Waals surface area contributed by atoms with Crippen molar-refractivity contribution in [2.24, 2.45) is 0 Å². The lowest BCUT2D eigenvalue weighted by atomic mass is 10.1. The van der Waals surface area contributed by atoms with E-state index in [9.17, 15) is 26.4 Å². The van der Waals surface area contributed by atoms with Crippen molar-refractivity contribution in [3.63, 3.8) is 0 Å². The molecule has 0 aliphatic heterocycles. The highest BCUT2D eigenvalue weighted by Crippen LogP contribution is 2.42. The molecule has 28 heavy (non-hydrogen) atoms. The summed E-state index contributed by atoms with van der Waals surface area (Å²) in [5, 5.41) is 1.86. The first kappa shape index (κ1) is 20.7. The molecule has 0 unspecified atom stereocenters. The smallest absolute Gasteiger partial charge is 0.325 e. The van der Waals surface area contributed by atoms with Gasteiger partial charge in [-0.2, -0.15) is 13.2 Å². The molecule has 0 spiro atoms. The second-order valence-electron chi connectivity index (χ2n) is 6.66. The highest BCUT2D eigenvalue weighted by atomic mass is 35.5. The van der Waals surface area contributed by atoms with Gasteiger partial charge >= 0.3 is 6.18 Å². The maximum absolute atomic E-state index is 13.2. The number of nitrogens with one attached hydrogen (secondary N) is 1. The van der Waals surface area contributed by atoms with Gasteiger partial charge in [-0.25, -0.2) is 8.42 Å². The molecule has 1 N–H and O–H groups in total. The zero-order valence-corrected chi connectivity index (χ0v) is 16.2. The summed E-state index contributed by atoms with van der Waals surface area (Å²) < 4.78 is 63.9. The number of carbonyl (C=O) groups is 1. The molecule has 0 bridgehead atoms. The molecule has 2 aromatic carbocycles. The van der Waals surface area contributed by atoms with Crippen LogP contribution in [0, 0.1) is 0 Å². The molecule has 0 heterocycles. The molecule has 150 valence electrons. The first-order chi connectivity index (χ1) is 13.1. The average molecular weight is 432 g/mol. The van der Waals surface area contributed by atoms with Gasteiger partial charge in [0.2, 0.25) is 5.91 Å². The van der Waals surface area contributed by atoms with Crippen molar-refractivity contribution in [1.82, 2.24) is 0 Å². The number of hydrogen-bond donors (Lipinski definition) is 1. The SMILES string of the molecule is O=C(Nc1ccc(Cl)c(C(F)(F)F)c1)C1(S(=O)(=O)c2ccccc2)CCCC1. The molecule has 0 saturated heterocycles. The second-order valence-corrected chi connectivity index (χ2v) is 9.33. The Morgan fingerprint density at radius 1 is 1.04 bits per heavy atom. The molecular formula is C19H17ClF3NO3S. The number of amides is 1. The number of sulfone groups is 1. The van der Waals surface area contributed by atoms with Crippen LogP contribution in [0.1, 0.15) is 31.2 Å². The van der Waals surface area contributed by atoms with E-state index in [0.29, 0.717) is 18.9 Å². The minimum absolute atomic E-state index is 0.0131. The number of alkyl halides is 3. The van der Waals surface area contributed by atoms with Gasteiger partial charge in [-0.05, 0) is 43.2 Å². The van der Waals surface area contributed by atoms with Gasteiger partial charge in [0, 0.05) is 5.69 Å². The summed E-state index contributed by atoms with van der Waals surface area (Å²) in [5.74, 6) is -0.829. The quantitative estimate of drug-likeness (QED) is 0.733. The topological polar surface area (TPSA) is 63.2 Å². The normalized spacial score (nSPS) is 16.7. The average Bonchev–Trinajstić information content (AvgIpc) is 3.15. The Hall–Kier alpha value is -2.06. The summed E-state index contributed by atoms with van der Waals surface area (Å²) in [6.45, 7) is 0. The van der Waals surface area contributed by atoms with Crippen LogP contribution in [-0.4, -0.2) is 19.1 Å². The molecular weight excluding hydrogens is 415 g/mol. The predicted octanol–water partition coefficient (Wildman–Crippen LogP) is 5.08. The number of rotatable bonds is 4. The van der Waals surface area contributed by atoms with Crippen molar-refractivity contribution in [2.75, 3.05) is 5.32 Å². The summed E-state index contributed by atoms with van der Waals surface area (Å²) >= 11 is 5.60. The Morgan fingerprint density at radius 2 is 1.64 bits per heavy atom. The van der Waals surface area contributed by atoms with E-state index in [1.54, 1.807) is 18.2 Å². The van der Waals surface area contributed by atoms with E-state index < -0.39 is 37.3 Å². The maximum Gasteiger partial charge on any atom is 0.417 e. The van der Waals surface area contributed by atoms with Crippen molar-refractivity contribution in [3.8, 4) is 0 Å². The lowest BCUT2D eigenvalue weighted by Crippen LogP contribution is -2.47. The fraction of sp³-hybridized carbons (Fsp3) is 0.316. The largest absolute Gasteiger partial charge is 0.417 e. The minimum Gasteiger partial charge on any atom is -0.325 e. The van der Waals surface area contributed by atoms with Gasteiger partial charge in [-0.3, -0.25) is 4.79 Å². The zero-order valence-electron chi connectivity index (χ0n) is 14.6. The lowest BCUT2D eigenvalue weighted by molar-refractivity contribution is -0.137. The Labute approximate surface area is 165 Å². The molecule has 1 aliphatic rings. The molecule has 0 radical (unpaired) electrons. The van der Waals surface area contributed by atoms with Crippen LogP contribution in [0.25, 0.3) is 0 Å².